The Morgan fingerprint density at radius 1 is 1.37 bits per heavy atom. The van der Waals surface area contributed by atoms with Gasteiger partial charge in [-0.3, -0.25) is 4.90 Å². The van der Waals surface area contributed by atoms with E-state index in [2.05, 4.69) is 24.0 Å². The van der Waals surface area contributed by atoms with Crippen molar-refractivity contribution >= 4 is 11.0 Å². The summed E-state index contributed by atoms with van der Waals surface area (Å²) in [4.78, 5) is 2.48. The molecule has 0 saturated carbocycles. The molecular formula is C16H22N2O. The minimum absolute atomic E-state index is 0.227. The van der Waals surface area contributed by atoms with E-state index in [9.17, 15) is 0 Å². The number of furan rings is 1. The minimum Gasteiger partial charge on any atom is -0.460 e. The highest BCUT2D eigenvalue weighted by atomic mass is 16.3. The number of para-hydroxylation sites is 1. The Balaban J connectivity index is 1.79. The van der Waals surface area contributed by atoms with E-state index in [1.54, 1.807) is 0 Å². The Morgan fingerprint density at radius 3 is 3.00 bits per heavy atom. The van der Waals surface area contributed by atoms with Crippen LogP contribution in [0.4, 0.5) is 0 Å². The van der Waals surface area contributed by atoms with Crippen molar-refractivity contribution in [2.45, 2.75) is 44.8 Å². The van der Waals surface area contributed by atoms with Crippen LogP contribution >= 0.6 is 0 Å². The van der Waals surface area contributed by atoms with E-state index in [1.807, 2.05) is 18.2 Å². The van der Waals surface area contributed by atoms with Gasteiger partial charge in [0, 0.05) is 17.5 Å². The van der Waals surface area contributed by atoms with Gasteiger partial charge < -0.3 is 10.2 Å². The van der Waals surface area contributed by atoms with E-state index in [0.717, 1.165) is 24.4 Å². The van der Waals surface area contributed by atoms with Gasteiger partial charge in [-0.15, -0.1) is 0 Å². The van der Waals surface area contributed by atoms with Crippen molar-refractivity contribution in [1.29, 1.82) is 0 Å². The molecule has 3 rings (SSSR count). The first-order valence-electron chi connectivity index (χ1n) is 7.21. The molecule has 2 heterocycles. The maximum Gasteiger partial charge on any atom is 0.134 e. The van der Waals surface area contributed by atoms with Crippen molar-refractivity contribution in [3.63, 3.8) is 0 Å². The van der Waals surface area contributed by atoms with Gasteiger partial charge in [-0.25, -0.2) is 0 Å². The van der Waals surface area contributed by atoms with Crippen molar-refractivity contribution in [3.05, 3.63) is 36.1 Å². The number of benzene rings is 1. The fourth-order valence-electron chi connectivity index (χ4n) is 3.12. The van der Waals surface area contributed by atoms with Gasteiger partial charge >= 0.3 is 0 Å². The van der Waals surface area contributed by atoms with Gasteiger partial charge in [0.05, 0.1) is 6.54 Å². The molecule has 1 aliphatic rings. The Hall–Kier alpha value is -1.32. The molecule has 0 aliphatic carbocycles. The molecule has 0 amide bonds. The number of rotatable bonds is 3. The van der Waals surface area contributed by atoms with Gasteiger partial charge in [-0.2, -0.15) is 0 Å². The molecule has 1 aromatic heterocycles. The highest BCUT2D eigenvalue weighted by Gasteiger charge is 2.26. The van der Waals surface area contributed by atoms with Gasteiger partial charge in [-0.05, 0) is 38.4 Å². The van der Waals surface area contributed by atoms with Crippen LogP contribution in [0.5, 0.6) is 0 Å². The number of nitrogens with two attached hydrogens (primary N) is 1. The summed E-state index contributed by atoms with van der Waals surface area (Å²) in [5, 5.41) is 1.19. The van der Waals surface area contributed by atoms with Gasteiger partial charge in [0.1, 0.15) is 11.3 Å². The second-order valence-electron chi connectivity index (χ2n) is 5.64. The average molecular weight is 258 g/mol. The SMILES string of the molecule is CC(N)C1CCCCN1Cc1cc2ccccc2o1. The predicted molar refractivity (Wildman–Crippen MR) is 77.9 cm³/mol. The number of piperidine rings is 1. The summed E-state index contributed by atoms with van der Waals surface area (Å²) in [6.45, 7) is 4.12. The fourth-order valence-corrected chi connectivity index (χ4v) is 3.12. The lowest BCUT2D eigenvalue weighted by molar-refractivity contribution is 0.115. The first-order chi connectivity index (χ1) is 9.24. The number of hydrogen-bond donors (Lipinski definition) is 1. The summed E-state index contributed by atoms with van der Waals surface area (Å²) < 4.78 is 5.92. The van der Waals surface area contributed by atoms with Crippen LogP contribution < -0.4 is 5.73 Å². The van der Waals surface area contributed by atoms with E-state index in [0.29, 0.717) is 6.04 Å². The molecule has 102 valence electrons. The van der Waals surface area contributed by atoms with Crippen LogP contribution in [0.25, 0.3) is 11.0 Å². The molecule has 0 spiro atoms. The Kier molecular flexibility index (Phi) is 3.58. The highest BCUT2D eigenvalue weighted by molar-refractivity contribution is 5.77. The maximum atomic E-state index is 6.11. The third-order valence-electron chi connectivity index (χ3n) is 4.11. The molecule has 2 atom stereocenters. The molecule has 0 bridgehead atoms. The predicted octanol–water partition coefficient (Wildman–Crippen LogP) is 3.13. The van der Waals surface area contributed by atoms with Crippen molar-refractivity contribution in [2.75, 3.05) is 6.54 Å². The quantitative estimate of drug-likeness (QED) is 0.919. The number of nitrogens with zero attached hydrogens (tertiary/aromatic N) is 1. The van der Waals surface area contributed by atoms with E-state index < -0.39 is 0 Å². The van der Waals surface area contributed by atoms with Crippen LogP contribution in [-0.2, 0) is 6.54 Å². The second kappa shape index (κ2) is 5.35. The normalized spacial score (nSPS) is 22.7. The number of likely N-dealkylation sites (tertiary alicyclic amines) is 1. The van der Waals surface area contributed by atoms with Crippen LogP contribution in [0, 0.1) is 0 Å². The Labute approximate surface area is 114 Å². The maximum absolute atomic E-state index is 6.11. The van der Waals surface area contributed by atoms with E-state index in [1.165, 1.54) is 24.6 Å². The zero-order valence-electron chi connectivity index (χ0n) is 11.5. The first kappa shape index (κ1) is 12.7. The molecule has 2 aromatic rings. The summed E-state index contributed by atoms with van der Waals surface area (Å²) in [5.74, 6) is 1.05. The smallest absolute Gasteiger partial charge is 0.134 e. The van der Waals surface area contributed by atoms with Crippen molar-refractivity contribution < 1.29 is 4.42 Å². The number of fused-ring (bicyclic) bond motifs is 1. The lowest BCUT2D eigenvalue weighted by Gasteiger charge is -2.37. The van der Waals surface area contributed by atoms with Crippen LogP contribution in [0.2, 0.25) is 0 Å². The van der Waals surface area contributed by atoms with Gasteiger partial charge in [0.25, 0.3) is 0 Å². The zero-order valence-corrected chi connectivity index (χ0v) is 11.5. The molecule has 0 radical (unpaired) electrons. The van der Waals surface area contributed by atoms with Crippen LogP contribution in [0.15, 0.2) is 34.7 Å². The third kappa shape index (κ3) is 2.67. The van der Waals surface area contributed by atoms with E-state index in [4.69, 9.17) is 10.2 Å². The summed E-state index contributed by atoms with van der Waals surface area (Å²) >= 11 is 0. The molecule has 1 fully saturated rings. The number of hydrogen-bond acceptors (Lipinski definition) is 3. The monoisotopic (exact) mass is 258 g/mol. The van der Waals surface area contributed by atoms with Gasteiger partial charge in [0.2, 0.25) is 0 Å². The molecule has 3 nitrogen and oxygen atoms in total. The lowest BCUT2D eigenvalue weighted by Crippen LogP contribution is -2.48. The fraction of sp³-hybridized carbons (Fsp3) is 0.500. The van der Waals surface area contributed by atoms with Crippen molar-refractivity contribution in [3.8, 4) is 0 Å². The molecule has 19 heavy (non-hydrogen) atoms. The van der Waals surface area contributed by atoms with E-state index in [-0.39, 0.29) is 6.04 Å². The zero-order chi connectivity index (χ0) is 13.2. The largest absolute Gasteiger partial charge is 0.460 e. The Bertz CT molecular complexity index is 513. The van der Waals surface area contributed by atoms with Crippen LogP contribution in [0.3, 0.4) is 0 Å². The van der Waals surface area contributed by atoms with Crippen LogP contribution in [0.1, 0.15) is 31.9 Å². The standard InChI is InChI=1S/C16H22N2O/c1-12(17)15-7-4-5-9-18(15)11-14-10-13-6-2-3-8-16(13)19-14/h2-3,6,8,10,12,15H,4-5,7,9,11,17H2,1H3. The summed E-state index contributed by atoms with van der Waals surface area (Å²) in [6.07, 6.45) is 3.77. The molecule has 1 saturated heterocycles. The first-order valence-corrected chi connectivity index (χ1v) is 7.21. The van der Waals surface area contributed by atoms with Gasteiger partial charge in [0.15, 0.2) is 0 Å². The molecule has 1 aliphatic heterocycles. The van der Waals surface area contributed by atoms with Crippen LogP contribution in [-0.4, -0.2) is 23.5 Å². The summed E-state index contributed by atoms with van der Waals surface area (Å²) in [5.41, 5.74) is 7.09. The highest BCUT2D eigenvalue weighted by Crippen LogP contribution is 2.24. The Morgan fingerprint density at radius 2 is 2.21 bits per heavy atom. The molecule has 2 N–H and O–H groups in total. The van der Waals surface area contributed by atoms with Crippen molar-refractivity contribution in [1.82, 2.24) is 4.90 Å². The molecule has 1 aromatic carbocycles. The van der Waals surface area contributed by atoms with E-state index >= 15 is 0 Å². The topological polar surface area (TPSA) is 42.4 Å². The third-order valence-corrected chi connectivity index (χ3v) is 4.11. The average Bonchev–Trinajstić information content (AvgIpc) is 2.81. The summed E-state index contributed by atoms with van der Waals surface area (Å²) in [6, 6.07) is 11.1. The minimum atomic E-state index is 0.227. The summed E-state index contributed by atoms with van der Waals surface area (Å²) in [7, 11) is 0. The lowest BCUT2D eigenvalue weighted by atomic mass is 9.97. The van der Waals surface area contributed by atoms with Crippen molar-refractivity contribution in [2.24, 2.45) is 5.73 Å². The van der Waals surface area contributed by atoms with Gasteiger partial charge in [-0.1, -0.05) is 24.6 Å². The molecule has 2 unspecified atom stereocenters. The second-order valence-corrected chi connectivity index (χ2v) is 5.64. The molecule has 3 heteroatoms. The molecular weight excluding hydrogens is 236 g/mol.